The number of imide groups is 1. The summed E-state index contributed by atoms with van der Waals surface area (Å²) in [6.07, 6.45) is 1.65. The third kappa shape index (κ3) is 4.43. The van der Waals surface area contributed by atoms with E-state index in [0.29, 0.717) is 5.75 Å². The van der Waals surface area contributed by atoms with Crippen LogP contribution in [0.25, 0.3) is 6.08 Å². The Bertz CT molecular complexity index is 747. The van der Waals surface area contributed by atoms with Gasteiger partial charge in [0, 0.05) is 0 Å². The van der Waals surface area contributed by atoms with Gasteiger partial charge in [-0.3, -0.25) is 14.5 Å². The van der Waals surface area contributed by atoms with Crippen LogP contribution in [-0.4, -0.2) is 41.3 Å². The van der Waals surface area contributed by atoms with Gasteiger partial charge >= 0.3 is 5.97 Å². The van der Waals surface area contributed by atoms with Gasteiger partial charge in [-0.2, -0.15) is 0 Å². The lowest BCUT2D eigenvalue weighted by Crippen LogP contribution is -2.42. The lowest BCUT2D eigenvalue weighted by Gasteiger charge is -2.18. The Kier molecular flexibility index (Phi) is 6.29. The third-order valence-corrected chi connectivity index (χ3v) is 4.87. The van der Waals surface area contributed by atoms with Crippen LogP contribution in [0.3, 0.4) is 0 Å². The Labute approximate surface area is 158 Å². The fourth-order valence-corrected chi connectivity index (χ4v) is 3.60. The maximum Gasteiger partial charge on any atom is 0.328 e. The number of hydrogen-bond acceptors (Lipinski definition) is 6. The first-order valence-electron chi connectivity index (χ1n) is 7.55. The highest BCUT2D eigenvalue weighted by Crippen LogP contribution is 2.35. The van der Waals surface area contributed by atoms with E-state index in [1.54, 1.807) is 24.3 Å². The van der Waals surface area contributed by atoms with Crippen molar-refractivity contribution in [1.29, 1.82) is 0 Å². The summed E-state index contributed by atoms with van der Waals surface area (Å²) < 4.78 is 11.0. The molecular weight excluding hydrogens is 410 g/mol. The monoisotopic (exact) mass is 427 g/mol. The Hall–Kier alpha value is -1.80. The van der Waals surface area contributed by atoms with Gasteiger partial charge in [0.05, 0.1) is 22.6 Å². The number of esters is 1. The fourth-order valence-electron chi connectivity index (χ4n) is 2.20. The van der Waals surface area contributed by atoms with E-state index in [1.165, 1.54) is 14.0 Å². The Morgan fingerprint density at radius 1 is 1.28 bits per heavy atom. The van der Waals surface area contributed by atoms with Crippen molar-refractivity contribution in [1.82, 2.24) is 4.90 Å². The van der Waals surface area contributed by atoms with Crippen LogP contribution in [0.15, 0.2) is 27.6 Å². The normalized spacial score (nSPS) is 17.4. The molecule has 0 aromatic heterocycles. The van der Waals surface area contributed by atoms with Crippen molar-refractivity contribution in [3.63, 3.8) is 0 Å². The standard InChI is InChI=1S/C17H18BrNO5S/c1-9(2)24-13-6-5-11(7-12(13)18)8-14-15(20)19(17(22)25-14)10(3)16(21)23-4/h5-10H,1-4H3/b14-8+. The highest BCUT2D eigenvalue weighted by atomic mass is 79.9. The minimum absolute atomic E-state index is 0.0402. The first-order valence-corrected chi connectivity index (χ1v) is 9.16. The van der Waals surface area contributed by atoms with E-state index >= 15 is 0 Å². The summed E-state index contributed by atoms with van der Waals surface area (Å²) in [7, 11) is 1.21. The maximum atomic E-state index is 12.5. The number of methoxy groups -OCH3 is 1. The van der Waals surface area contributed by atoms with Crippen LogP contribution in [0.1, 0.15) is 26.3 Å². The summed E-state index contributed by atoms with van der Waals surface area (Å²) in [5.41, 5.74) is 0.735. The average Bonchev–Trinajstić information content (AvgIpc) is 2.82. The lowest BCUT2D eigenvalue weighted by molar-refractivity contribution is -0.148. The third-order valence-electron chi connectivity index (χ3n) is 3.37. The topological polar surface area (TPSA) is 72.9 Å². The number of amides is 2. The first-order chi connectivity index (χ1) is 11.7. The summed E-state index contributed by atoms with van der Waals surface area (Å²) in [5.74, 6) is -0.451. The van der Waals surface area contributed by atoms with E-state index < -0.39 is 23.2 Å². The molecule has 0 spiro atoms. The van der Waals surface area contributed by atoms with E-state index in [4.69, 9.17) is 4.74 Å². The second kappa shape index (κ2) is 8.05. The van der Waals surface area contributed by atoms with Gasteiger partial charge in [0.2, 0.25) is 0 Å². The molecule has 0 N–H and O–H groups in total. The van der Waals surface area contributed by atoms with Crippen molar-refractivity contribution in [2.75, 3.05) is 7.11 Å². The highest BCUT2D eigenvalue weighted by molar-refractivity contribution is 9.10. The summed E-state index contributed by atoms with van der Waals surface area (Å²) in [4.78, 5) is 37.3. The zero-order chi connectivity index (χ0) is 18.7. The molecule has 1 unspecified atom stereocenters. The van der Waals surface area contributed by atoms with Gasteiger partial charge in [-0.05, 0) is 72.2 Å². The summed E-state index contributed by atoms with van der Waals surface area (Å²) in [6, 6.07) is 4.42. The molecule has 2 rings (SSSR count). The number of ether oxygens (including phenoxy) is 2. The Morgan fingerprint density at radius 3 is 2.52 bits per heavy atom. The van der Waals surface area contributed by atoms with Crippen LogP contribution in [0.5, 0.6) is 5.75 Å². The molecule has 1 atom stereocenters. The molecule has 1 heterocycles. The van der Waals surface area contributed by atoms with Crippen LogP contribution < -0.4 is 4.74 Å². The average molecular weight is 428 g/mol. The lowest BCUT2D eigenvalue weighted by atomic mass is 10.2. The van der Waals surface area contributed by atoms with Crippen LogP contribution >= 0.6 is 27.7 Å². The zero-order valence-electron chi connectivity index (χ0n) is 14.2. The molecule has 1 aliphatic heterocycles. The number of carbonyl (C=O) groups excluding carboxylic acids is 3. The summed E-state index contributed by atoms with van der Waals surface area (Å²) in [5, 5.41) is -0.493. The van der Waals surface area contributed by atoms with Gasteiger partial charge in [0.25, 0.3) is 11.1 Å². The summed E-state index contributed by atoms with van der Waals surface area (Å²) in [6.45, 7) is 5.32. The molecule has 1 aromatic carbocycles. The minimum atomic E-state index is -0.961. The molecule has 134 valence electrons. The zero-order valence-corrected chi connectivity index (χ0v) is 16.6. The van der Waals surface area contributed by atoms with E-state index in [2.05, 4.69) is 20.7 Å². The largest absolute Gasteiger partial charge is 0.490 e. The van der Waals surface area contributed by atoms with Gasteiger partial charge in [0.15, 0.2) is 0 Å². The van der Waals surface area contributed by atoms with Gasteiger partial charge in [0.1, 0.15) is 11.8 Å². The van der Waals surface area contributed by atoms with Crippen molar-refractivity contribution in [3.05, 3.63) is 33.1 Å². The van der Waals surface area contributed by atoms with Crippen LogP contribution in [0.4, 0.5) is 4.79 Å². The predicted molar refractivity (Wildman–Crippen MR) is 99.2 cm³/mol. The molecule has 1 fully saturated rings. The molecule has 8 heteroatoms. The number of halogens is 1. The Balaban J connectivity index is 2.24. The molecule has 1 aliphatic rings. The summed E-state index contributed by atoms with van der Waals surface area (Å²) >= 11 is 4.23. The van der Waals surface area contributed by atoms with Crippen LogP contribution in [-0.2, 0) is 14.3 Å². The molecule has 0 saturated carbocycles. The quantitative estimate of drug-likeness (QED) is 0.524. The molecule has 0 aliphatic carbocycles. The van der Waals surface area contributed by atoms with Crippen molar-refractivity contribution in [2.24, 2.45) is 0 Å². The fraction of sp³-hybridized carbons (Fsp3) is 0.353. The van der Waals surface area contributed by atoms with Crippen LogP contribution in [0.2, 0.25) is 0 Å². The number of thioether (sulfide) groups is 1. The SMILES string of the molecule is COC(=O)C(C)N1C(=O)S/C(=C/c2ccc(OC(C)C)c(Br)c2)C1=O. The molecule has 25 heavy (non-hydrogen) atoms. The van der Waals surface area contributed by atoms with Gasteiger partial charge < -0.3 is 9.47 Å². The highest BCUT2D eigenvalue weighted by Gasteiger charge is 2.41. The van der Waals surface area contributed by atoms with E-state index in [0.717, 1.165) is 26.7 Å². The number of hydrogen-bond donors (Lipinski definition) is 0. The van der Waals surface area contributed by atoms with Gasteiger partial charge in [-0.15, -0.1) is 0 Å². The van der Waals surface area contributed by atoms with E-state index in [1.807, 2.05) is 13.8 Å². The van der Waals surface area contributed by atoms with Crippen molar-refractivity contribution in [2.45, 2.75) is 32.9 Å². The van der Waals surface area contributed by atoms with Crippen LogP contribution in [0, 0.1) is 0 Å². The van der Waals surface area contributed by atoms with Crippen molar-refractivity contribution < 1.29 is 23.9 Å². The second-order valence-corrected chi connectivity index (χ2v) is 7.45. The number of rotatable bonds is 5. The van der Waals surface area contributed by atoms with Gasteiger partial charge in [-0.1, -0.05) is 6.07 Å². The molecule has 1 aromatic rings. The molecule has 6 nitrogen and oxygen atoms in total. The molecule has 0 bridgehead atoms. The predicted octanol–water partition coefficient (Wildman–Crippen LogP) is 3.83. The minimum Gasteiger partial charge on any atom is -0.490 e. The molecule has 2 amide bonds. The number of nitrogens with zero attached hydrogens (tertiary/aromatic N) is 1. The van der Waals surface area contributed by atoms with Crippen molar-refractivity contribution >= 4 is 50.9 Å². The number of carbonyl (C=O) groups is 3. The van der Waals surface area contributed by atoms with E-state index in [-0.39, 0.29) is 11.0 Å². The van der Waals surface area contributed by atoms with Gasteiger partial charge in [-0.25, -0.2) is 4.79 Å². The molecule has 0 radical (unpaired) electrons. The molecule has 1 saturated heterocycles. The Morgan fingerprint density at radius 2 is 1.96 bits per heavy atom. The maximum absolute atomic E-state index is 12.5. The number of benzene rings is 1. The molecular formula is C17H18BrNO5S. The second-order valence-electron chi connectivity index (χ2n) is 5.61. The first kappa shape index (κ1) is 19.5. The smallest absolute Gasteiger partial charge is 0.328 e. The van der Waals surface area contributed by atoms with E-state index in [9.17, 15) is 14.4 Å². The van der Waals surface area contributed by atoms with Crippen molar-refractivity contribution in [3.8, 4) is 5.75 Å².